The van der Waals surface area contributed by atoms with Gasteiger partial charge in [-0.25, -0.2) is 9.18 Å². The summed E-state index contributed by atoms with van der Waals surface area (Å²) < 4.78 is 18.3. The lowest BCUT2D eigenvalue weighted by Gasteiger charge is -2.23. The summed E-state index contributed by atoms with van der Waals surface area (Å²) in [6.45, 7) is 4.89. The minimum atomic E-state index is -0.678. The molecular formula is C22H25FN2O4S. The second-order valence-corrected chi connectivity index (χ2v) is 8.66. The first-order chi connectivity index (χ1) is 14.0. The van der Waals surface area contributed by atoms with E-state index in [1.807, 2.05) is 26.2 Å². The van der Waals surface area contributed by atoms with Gasteiger partial charge in [-0.05, 0) is 56.0 Å². The summed E-state index contributed by atoms with van der Waals surface area (Å²) in [7, 11) is 1.47. The van der Waals surface area contributed by atoms with Crippen molar-refractivity contribution < 1.29 is 23.5 Å². The number of carbonyl (C=O) groups excluding carboxylic acids is 3. The number of nitrogens with zero attached hydrogens (tertiary/aromatic N) is 1. The number of hydrogen-bond acceptors (Lipinski definition) is 5. The van der Waals surface area contributed by atoms with Gasteiger partial charge in [0.2, 0.25) is 5.91 Å². The molecule has 2 aromatic rings. The van der Waals surface area contributed by atoms with E-state index in [2.05, 4.69) is 5.32 Å². The van der Waals surface area contributed by atoms with Crippen LogP contribution in [0.15, 0.2) is 41.8 Å². The molecule has 0 aliphatic heterocycles. The van der Waals surface area contributed by atoms with E-state index in [4.69, 9.17) is 4.74 Å². The molecule has 0 aliphatic carbocycles. The third kappa shape index (κ3) is 7.44. The Morgan fingerprint density at radius 1 is 1.17 bits per heavy atom. The monoisotopic (exact) mass is 432 g/mol. The molecule has 0 radical (unpaired) electrons. The van der Waals surface area contributed by atoms with Crippen LogP contribution in [0, 0.1) is 5.82 Å². The third-order valence-corrected chi connectivity index (χ3v) is 4.74. The molecule has 0 saturated heterocycles. The highest BCUT2D eigenvalue weighted by Crippen LogP contribution is 2.24. The van der Waals surface area contributed by atoms with Gasteiger partial charge < -0.3 is 15.0 Å². The van der Waals surface area contributed by atoms with Crippen molar-refractivity contribution in [2.75, 3.05) is 20.2 Å². The van der Waals surface area contributed by atoms with E-state index in [-0.39, 0.29) is 23.8 Å². The van der Waals surface area contributed by atoms with Crippen LogP contribution in [0.3, 0.4) is 0 Å². The van der Waals surface area contributed by atoms with Gasteiger partial charge in [0.05, 0.1) is 12.1 Å². The first-order valence-corrected chi connectivity index (χ1v) is 10.2. The molecule has 0 fully saturated rings. The SMILES string of the molecule is CN(CC(=O)NC(C)(C)C)C(=O)COC(=O)/C(=C/c1ccc(F)cc1)c1cccs1. The number of benzene rings is 1. The molecule has 30 heavy (non-hydrogen) atoms. The Labute approximate surface area is 179 Å². The van der Waals surface area contributed by atoms with Crippen LogP contribution in [0.1, 0.15) is 31.2 Å². The van der Waals surface area contributed by atoms with E-state index in [9.17, 15) is 18.8 Å². The van der Waals surface area contributed by atoms with Gasteiger partial charge in [0.15, 0.2) is 6.61 Å². The lowest BCUT2D eigenvalue weighted by molar-refractivity contribution is -0.147. The van der Waals surface area contributed by atoms with Crippen molar-refractivity contribution >= 4 is 40.8 Å². The Balaban J connectivity index is 2.03. The second-order valence-electron chi connectivity index (χ2n) is 7.71. The average Bonchev–Trinajstić information content (AvgIpc) is 3.18. The van der Waals surface area contributed by atoms with Gasteiger partial charge >= 0.3 is 5.97 Å². The number of likely N-dealkylation sites (N-methyl/N-ethyl adjacent to an activating group) is 1. The molecule has 0 aliphatic rings. The molecule has 1 aromatic carbocycles. The Bertz CT molecular complexity index is 916. The molecule has 6 nitrogen and oxygen atoms in total. The topological polar surface area (TPSA) is 75.7 Å². The van der Waals surface area contributed by atoms with Gasteiger partial charge in [-0.2, -0.15) is 0 Å². The van der Waals surface area contributed by atoms with Crippen molar-refractivity contribution in [3.8, 4) is 0 Å². The van der Waals surface area contributed by atoms with Crippen molar-refractivity contribution in [3.05, 3.63) is 58.0 Å². The highest BCUT2D eigenvalue weighted by Gasteiger charge is 2.20. The summed E-state index contributed by atoms with van der Waals surface area (Å²) in [5, 5.41) is 4.58. The minimum Gasteiger partial charge on any atom is -0.452 e. The molecule has 1 N–H and O–H groups in total. The van der Waals surface area contributed by atoms with Crippen LogP contribution in [0.2, 0.25) is 0 Å². The van der Waals surface area contributed by atoms with Gasteiger partial charge in [-0.1, -0.05) is 18.2 Å². The lowest BCUT2D eigenvalue weighted by atomic mass is 10.1. The predicted octanol–water partition coefficient (Wildman–Crippen LogP) is 3.34. The summed E-state index contributed by atoms with van der Waals surface area (Å²) in [4.78, 5) is 38.7. The zero-order valence-corrected chi connectivity index (χ0v) is 18.2. The predicted molar refractivity (Wildman–Crippen MR) is 115 cm³/mol. The summed E-state index contributed by atoms with van der Waals surface area (Å²) in [5.74, 6) is -1.86. The standard InChI is InChI=1S/C22H25FN2O4S/c1-22(2,3)24-19(26)13-25(4)20(27)14-29-21(28)17(18-6-5-11-30-18)12-15-7-9-16(23)10-8-15/h5-12H,13-14H2,1-4H3,(H,24,26)/b17-12+. The van der Waals surface area contributed by atoms with Crippen LogP contribution in [0.25, 0.3) is 11.6 Å². The van der Waals surface area contributed by atoms with E-state index in [0.29, 0.717) is 10.4 Å². The molecule has 160 valence electrons. The maximum absolute atomic E-state index is 13.1. The molecule has 0 atom stereocenters. The maximum atomic E-state index is 13.1. The van der Waals surface area contributed by atoms with Crippen molar-refractivity contribution in [2.24, 2.45) is 0 Å². The fourth-order valence-electron chi connectivity index (χ4n) is 2.46. The molecule has 0 spiro atoms. The molecule has 0 bridgehead atoms. The Kier molecular flexibility index (Phi) is 7.88. The van der Waals surface area contributed by atoms with Crippen LogP contribution in [0.4, 0.5) is 4.39 Å². The summed E-state index contributed by atoms with van der Waals surface area (Å²) in [5.41, 5.74) is 0.477. The van der Waals surface area contributed by atoms with Crippen LogP contribution < -0.4 is 5.32 Å². The number of carbonyl (C=O) groups is 3. The number of ether oxygens (including phenoxy) is 1. The molecule has 0 unspecified atom stereocenters. The fraction of sp³-hybridized carbons (Fsp3) is 0.318. The fourth-order valence-corrected chi connectivity index (χ4v) is 3.19. The van der Waals surface area contributed by atoms with Crippen LogP contribution in [-0.2, 0) is 19.1 Å². The van der Waals surface area contributed by atoms with E-state index < -0.39 is 24.0 Å². The molecule has 1 heterocycles. The number of esters is 1. The summed E-state index contributed by atoms with van der Waals surface area (Å²) >= 11 is 1.34. The van der Waals surface area contributed by atoms with E-state index in [0.717, 1.165) is 0 Å². The molecular weight excluding hydrogens is 407 g/mol. The van der Waals surface area contributed by atoms with Crippen LogP contribution >= 0.6 is 11.3 Å². The number of rotatable bonds is 7. The minimum absolute atomic E-state index is 0.142. The molecule has 2 amide bonds. The zero-order valence-electron chi connectivity index (χ0n) is 17.4. The summed E-state index contributed by atoms with van der Waals surface area (Å²) in [6.07, 6.45) is 1.58. The average molecular weight is 433 g/mol. The van der Waals surface area contributed by atoms with E-state index >= 15 is 0 Å². The van der Waals surface area contributed by atoms with Gasteiger partial charge in [0.25, 0.3) is 5.91 Å². The van der Waals surface area contributed by atoms with Gasteiger partial charge in [0.1, 0.15) is 5.82 Å². The smallest absolute Gasteiger partial charge is 0.340 e. The molecule has 1 aromatic heterocycles. The highest BCUT2D eigenvalue weighted by atomic mass is 32.1. The second kappa shape index (κ2) is 10.2. The highest BCUT2D eigenvalue weighted by molar-refractivity contribution is 7.11. The van der Waals surface area contributed by atoms with Crippen molar-refractivity contribution in [2.45, 2.75) is 26.3 Å². The van der Waals surface area contributed by atoms with E-state index in [1.165, 1.54) is 35.4 Å². The molecule has 2 rings (SSSR count). The zero-order chi connectivity index (χ0) is 22.3. The van der Waals surface area contributed by atoms with Crippen molar-refractivity contribution in [1.29, 1.82) is 0 Å². The Hall–Kier alpha value is -3.00. The number of nitrogens with one attached hydrogen (secondary N) is 1. The largest absolute Gasteiger partial charge is 0.452 e. The van der Waals surface area contributed by atoms with Crippen molar-refractivity contribution in [1.82, 2.24) is 10.2 Å². The molecule has 8 heteroatoms. The van der Waals surface area contributed by atoms with Gasteiger partial charge in [-0.3, -0.25) is 9.59 Å². The van der Waals surface area contributed by atoms with E-state index in [1.54, 1.807) is 30.3 Å². The van der Waals surface area contributed by atoms with Crippen LogP contribution in [0.5, 0.6) is 0 Å². The number of hydrogen-bond donors (Lipinski definition) is 1. The summed E-state index contributed by atoms with van der Waals surface area (Å²) in [6, 6.07) is 9.23. The number of halogens is 1. The molecule has 0 saturated carbocycles. The Morgan fingerprint density at radius 3 is 2.40 bits per heavy atom. The number of thiophene rings is 1. The number of amides is 2. The quantitative estimate of drug-likeness (QED) is 0.538. The maximum Gasteiger partial charge on any atom is 0.340 e. The first kappa shape index (κ1) is 23.3. The first-order valence-electron chi connectivity index (χ1n) is 9.28. The van der Waals surface area contributed by atoms with Crippen molar-refractivity contribution in [3.63, 3.8) is 0 Å². The van der Waals surface area contributed by atoms with Gasteiger partial charge in [-0.15, -0.1) is 11.3 Å². The third-order valence-electron chi connectivity index (χ3n) is 3.84. The normalized spacial score (nSPS) is 11.7. The lowest BCUT2D eigenvalue weighted by Crippen LogP contribution is -2.46. The van der Waals surface area contributed by atoms with Crippen LogP contribution in [-0.4, -0.2) is 48.4 Å². The van der Waals surface area contributed by atoms with Gasteiger partial charge in [0, 0.05) is 17.5 Å². The Morgan fingerprint density at radius 2 is 1.83 bits per heavy atom.